The van der Waals surface area contributed by atoms with Crippen LogP contribution in [0.25, 0.3) is 0 Å². The normalized spacial score (nSPS) is 14.3. The lowest BCUT2D eigenvalue weighted by atomic mass is 9.73. The fourth-order valence-corrected chi connectivity index (χ4v) is 2.71. The summed E-state index contributed by atoms with van der Waals surface area (Å²) in [4.78, 5) is 16.3. The molecule has 0 N–H and O–H groups in total. The maximum absolute atomic E-state index is 12.2. The number of ether oxygens (including phenoxy) is 2. The highest BCUT2D eigenvalue weighted by molar-refractivity contribution is 9.10. The summed E-state index contributed by atoms with van der Waals surface area (Å²) in [7, 11) is 0. The van der Waals surface area contributed by atoms with Crippen molar-refractivity contribution in [2.45, 2.75) is 47.5 Å². The van der Waals surface area contributed by atoms with Crippen molar-refractivity contribution in [2.75, 3.05) is 13.2 Å². The third kappa shape index (κ3) is 5.59. The summed E-state index contributed by atoms with van der Waals surface area (Å²) >= 11 is 3.30. The zero-order valence-electron chi connectivity index (χ0n) is 14.1. The second-order valence-corrected chi connectivity index (χ2v) is 7.39. The van der Waals surface area contributed by atoms with Crippen LogP contribution in [-0.2, 0) is 9.53 Å². The van der Waals surface area contributed by atoms with Crippen LogP contribution in [0.5, 0.6) is 5.75 Å². The zero-order chi connectivity index (χ0) is 16.8. The average molecular weight is 372 g/mol. The van der Waals surface area contributed by atoms with Gasteiger partial charge in [0.25, 0.3) is 0 Å². The first-order valence-electron chi connectivity index (χ1n) is 7.64. The lowest BCUT2D eigenvalue weighted by Crippen LogP contribution is -2.36. The molecule has 0 radical (unpaired) electrons. The largest absolute Gasteiger partial charge is 0.491 e. The molecule has 0 amide bonds. The zero-order valence-corrected chi connectivity index (χ0v) is 15.7. The van der Waals surface area contributed by atoms with E-state index >= 15 is 0 Å². The molecule has 1 aromatic heterocycles. The molecule has 1 atom stereocenters. The molecular formula is C17H26BrNO3. The van der Waals surface area contributed by atoms with Crippen LogP contribution in [0.1, 0.15) is 47.5 Å². The van der Waals surface area contributed by atoms with Gasteiger partial charge in [0.15, 0.2) is 0 Å². The Morgan fingerprint density at radius 3 is 2.45 bits per heavy atom. The summed E-state index contributed by atoms with van der Waals surface area (Å²) in [5.74, 6) is 0.599. The number of aromatic nitrogens is 1. The number of nitrogens with zero attached hydrogens (tertiary/aromatic N) is 1. The highest BCUT2D eigenvalue weighted by atomic mass is 79.9. The highest BCUT2D eigenvalue weighted by Crippen LogP contribution is 2.38. The second kappa shape index (κ2) is 7.95. The Balaban J connectivity index is 2.68. The van der Waals surface area contributed by atoms with Gasteiger partial charge in [-0.05, 0) is 60.2 Å². The molecule has 0 aliphatic heterocycles. The Labute approximate surface area is 141 Å². The number of rotatable bonds is 8. The van der Waals surface area contributed by atoms with Crippen LogP contribution in [0.3, 0.4) is 0 Å². The van der Waals surface area contributed by atoms with E-state index in [9.17, 15) is 4.79 Å². The van der Waals surface area contributed by atoms with Crippen molar-refractivity contribution < 1.29 is 14.3 Å². The van der Waals surface area contributed by atoms with Gasteiger partial charge in [-0.25, -0.2) is 4.98 Å². The number of carbonyl (C=O) groups excluding carboxylic acids is 1. The van der Waals surface area contributed by atoms with Gasteiger partial charge in [-0.2, -0.15) is 0 Å². The third-order valence-corrected chi connectivity index (χ3v) is 4.22. The van der Waals surface area contributed by atoms with Crippen molar-refractivity contribution in [3.8, 4) is 5.75 Å². The van der Waals surface area contributed by atoms with Crippen LogP contribution in [0, 0.1) is 10.8 Å². The second-order valence-electron chi connectivity index (χ2n) is 6.58. The number of esters is 1. The van der Waals surface area contributed by atoms with Gasteiger partial charge in [-0.15, -0.1) is 0 Å². The molecule has 0 saturated carbocycles. The van der Waals surface area contributed by atoms with Gasteiger partial charge in [0, 0.05) is 0 Å². The molecule has 22 heavy (non-hydrogen) atoms. The highest BCUT2D eigenvalue weighted by Gasteiger charge is 2.38. The Kier molecular flexibility index (Phi) is 6.85. The number of carbonyl (C=O) groups is 1. The molecule has 4 nitrogen and oxygen atoms in total. The van der Waals surface area contributed by atoms with Crippen LogP contribution in [0.2, 0.25) is 0 Å². The van der Waals surface area contributed by atoms with E-state index < -0.39 is 5.41 Å². The first kappa shape index (κ1) is 18.9. The molecule has 0 bridgehead atoms. The van der Waals surface area contributed by atoms with Crippen molar-refractivity contribution in [1.82, 2.24) is 4.98 Å². The van der Waals surface area contributed by atoms with Gasteiger partial charge in [0.2, 0.25) is 0 Å². The standard InChI is InChI=1S/C17H26BrNO3/c1-6-17(5,15(20)21-7-2)11-16(3,4)12-22-13-8-9-14(18)19-10-13/h8-10H,6-7,11-12H2,1-5H3. The van der Waals surface area contributed by atoms with Gasteiger partial charge in [0.1, 0.15) is 10.4 Å². The molecule has 1 unspecified atom stereocenters. The summed E-state index contributed by atoms with van der Waals surface area (Å²) < 4.78 is 11.8. The number of hydrogen-bond acceptors (Lipinski definition) is 4. The number of hydrogen-bond donors (Lipinski definition) is 0. The van der Waals surface area contributed by atoms with Gasteiger partial charge in [-0.3, -0.25) is 4.79 Å². The molecule has 0 aliphatic rings. The van der Waals surface area contributed by atoms with E-state index in [1.165, 1.54) is 0 Å². The number of pyridine rings is 1. The smallest absolute Gasteiger partial charge is 0.311 e. The maximum atomic E-state index is 12.2. The van der Waals surface area contributed by atoms with E-state index in [-0.39, 0.29) is 11.4 Å². The summed E-state index contributed by atoms with van der Waals surface area (Å²) in [5, 5.41) is 0. The Morgan fingerprint density at radius 1 is 1.27 bits per heavy atom. The minimum Gasteiger partial charge on any atom is -0.491 e. The van der Waals surface area contributed by atoms with Gasteiger partial charge in [0.05, 0.1) is 24.8 Å². The maximum Gasteiger partial charge on any atom is 0.311 e. The van der Waals surface area contributed by atoms with Gasteiger partial charge in [-0.1, -0.05) is 20.8 Å². The predicted molar refractivity (Wildman–Crippen MR) is 90.9 cm³/mol. The monoisotopic (exact) mass is 371 g/mol. The summed E-state index contributed by atoms with van der Waals surface area (Å²) in [6, 6.07) is 3.72. The minimum atomic E-state index is -0.485. The number of halogens is 1. The summed E-state index contributed by atoms with van der Waals surface area (Å²) in [5.41, 5.74) is -0.634. The quantitative estimate of drug-likeness (QED) is 0.494. The lowest BCUT2D eigenvalue weighted by Gasteiger charge is -2.35. The first-order valence-corrected chi connectivity index (χ1v) is 8.43. The van der Waals surface area contributed by atoms with Gasteiger partial charge >= 0.3 is 5.97 Å². The summed E-state index contributed by atoms with van der Waals surface area (Å²) in [6.45, 7) is 11.0. The van der Waals surface area contributed by atoms with E-state index in [2.05, 4.69) is 34.8 Å². The van der Waals surface area contributed by atoms with Crippen LogP contribution < -0.4 is 4.74 Å². The fourth-order valence-electron chi connectivity index (χ4n) is 2.48. The van der Waals surface area contributed by atoms with E-state index in [0.717, 1.165) is 16.8 Å². The fraction of sp³-hybridized carbons (Fsp3) is 0.647. The van der Waals surface area contributed by atoms with Crippen molar-refractivity contribution >= 4 is 21.9 Å². The first-order chi connectivity index (χ1) is 10.2. The molecule has 0 fully saturated rings. The predicted octanol–water partition coefficient (Wildman–Crippen LogP) is 4.62. The SMILES string of the molecule is CCOC(=O)C(C)(CC)CC(C)(C)COc1ccc(Br)nc1. The molecule has 1 rings (SSSR count). The Bertz CT molecular complexity index is 487. The Morgan fingerprint density at radius 2 is 1.95 bits per heavy atom. The van der Waals surface area contributed by atoms with Crippen molar-refractivity contribution in [3.05, 3.63) is 22.9 Å². The molecule has 0 aliphatic carbocycles. The molecule has 1 aromatic rings. The molecule has 0 saturated heterocycles. The third-order valence-electron chi connectivity index (χ3n) is 3.75. The molecular weight excluding hydrogens is 346 g/mol. The average Bonchev–Trinajstić information content (AvgIpc) is 2.46. The van der Waals surface area contributed by atoms with Crippen LogP contribution >= 0.6 is 15.9 Å². The molecule has 5 heteroatoms. The van der Waals surface area contributed by atoms with Crippen molar-refractivity contribution in [2.24, 2.45) is 10.8 Å². The van der Waals surface area contributed by atoms with Crippen LogP contribution in [0.4, 0.5) is 0 Å². The Hall–Kier alpha value is -1.10. The summed E-state index contributed by atoms with van der Waals surface area (Å²) in [6.07, 6.45) is 3.14. The van der Waals surface area contributed by atoms with E-state index in [1.807, 2.05) is 32.9 Å². The minimum absolute atomic E-state index is 0.129. The molecule has 0 spiro atoms. The van der Waals surface area contributed by atoms with Crippen LogP contribution in [-0.4, -0.2) is 24.2 Å². The van der Waals surface area contributed by atoms with Crippen molar-refractivity contribution in [3.63, 3.8) is 0 Å². The topological polar surface area (TPSA) is 48.4 Å². The van der Waals surface area contributed by atoms with Gasteiger partial charge < -0.3 is 9.47 Å². The van der Waals surface area contributed by atoms with E-state index in [1.54, 1.807) is 6.20 Å². The van der Waals surface area contributed by atoms with Crippen LogP contribution in [0.15, 0.2) is 22.9 Å². The lowest BCUT2D eigenvalue weighted by molar-refractivity contribution is -0.157. The van der Waals surface area contributed by atoms with E-state index in [4.69, 9.17) is 9.47 Å². The van der Waals surface area contributed by atoms with Crippen molar-refractivity contribution in [1.29, 1.82) is 0 Å². The molecule has 0 aromatic carbocycles. The van der Waals surface area contributed by atoms with E-state index in [0.29, 0.717) is 19.6 Å². The molecule has 124 valence electrons. The molecule has 1 heterocycles.